The van der Waals surface area contributed by atoms with Gasteiger partial charge in [-0.1, -0.05) is 47.6 Å². The minimum atomic E-state index is 0.0310. The molecule has 0 saturated heterocycles. The van der Waals surface area contributed by atoms with Crippen LogP contribution >= 0.6 is 0 Å². The Balaban J connectivity index is 1.85. The number of nitrogens with zero attached hydrogens (tertiary/aromatic N) is 1. The molecule has 3 aromatic rings. The number of phenolic OH excluding ortho intramolecular Hbond substituents is 1. The monoisotopic (exact) mass is 280 g/mol. The summed E-state index contributed by atoms with van der Waals surface area (Å²) in [6.07, 6.45) is 1.56. The molecule has 4 nitrogen and oxygen atoms in total. The van der Waals surface area contributed by atoms with E-state index in [1.54, 1.807) is 18.4 Å². The minimum absolute atomic E-state index is 0.0310. The Bertz CT molecular complexity index is 664. The van der Waals surface area contributed by atoms with Crippen LogP contribution in [0.15, 0.2) is 71.4 Å². The molecule has 0 bridgehead atoms. The van der Waals surface area contributed by atoms with Crippen LogP contribution in [0.1, 0.15) is 22.9 Å². The van der Waals surface area contributed by atoms with Crippen molar-refractivity contribution in [2.24, 2.45) is 0 Å². The van der Waals surface area contributed by atoms with Gasteiger partial charge in [0, 0.05) is 12.6 Å². The molecule has 1 unspecified atom stereocenters. The highest BCUT2D eigenvalue weighted by Crippen LogP contribution is 2.24. The molecule has 1 atom stereocenters. The molecule has 0 amide bonds. The second-order valence-corrected chi connectivity index (χ2v) is 4.81. The van der Waals surface area contributed by atoms with Gasteiger partial charge in [-0.25, -0.2) is 0 Å². The van der Waals surface area contributed by atoms with Crippen LogP contribution in [0.3, 0.4) is 0 Å². The van der Waals surface area contributed by atoms with Crippen molar-refractivity contribution in [1.82, 2.24) is 10.5 Å². The van der Waals surface area contributed by atoms with Crippen LogP contribution in [-0.2, 0) is 6.54 Å². The van der Waals surface area contributed by atoms with Crippen LogP contribution in [0.5, 0.6) is 5.75 Å². The molecule has 0 saturated carbocycles. The zero-order valence-electron chi connectivity index (χ0n) is 11.4. The lowest BCUT2D eigenvalue weighted by molar-refractivity contribution is 0.407. The number of rotatable bonds is 5. The fraction of sp³-hybridized carbons (Fsp3) is 0.118. The summed E-state index contributed by atoms with van der Waals surface area (Å²) in [4.78, 5) is 0. The largest absolute Gasteiger partial charge is 0.508 e. The van der Waals surface area contributed by atoms with Crippen molar-refractivity contribution in [3.63, 3.8) is 0 Å². The quantitative estimate of drug-likeness (QED) is 0.753. The predicted octanol–water partition coefficient (Wildman–Crippen LogP) is 3.26. The van der Waals surface area contributed by atoms with Gasteiger partial charge < -0.3 is 14.9 Å². The molecule has 2 N–H and O–H groups in total. The number of benzene rings is 2. The number of hydrogen-bond acceptors (Lipinski definition) is 4. The molecule has 0 radical (unpaired) electrons. The van der Waals surface area contributed by atoms with E-state index in [1.165, 1.54) is 0 Å². The van der Waals surface area contributed by atoms with Crippen molar-refractivity contribution in [1.29, 1.82) is 0 Å². The van der Waals surface area contributed by atoms with E-state index in [0.717, 1.165) is 16.8 Å². The maximum absolute atomic E-state index is 9.45. The van der Waals surface area contributed by atoms with Gasteiger partial charge >= 0.3 is 0 Å². The Morgan fingerprint density at radius 3 is 2.33 bits per heavy atom. The molecule has 0 fully saturated rings. The lowest BCUT2D eigenvalue weighted by Crippen LogP contribution is -2.22. The molecular weight excluding hydrogens is 264 g/mol. The zero-order chi connectivity index (χ0) is 14.5. The molecule has 21 heavy (non-hydrogen) atoms. The van der Waals surface area contributed by atoms with E-state index >= 15 is 0 Å². The molecule has 0 aliphatic rings. The summed E-state index contributed by atoms with van der Waals surface area (Å²) >= 11 is 0. The Kier molecular flexibility index (Phi) is 3.98. The van der Waals surface area contributed by atoms with E-state index in [2.05, 4.69) is 22.6 Å². The number of hydrogen-bond donors (Lipinski definition) is 2. The topological polar surface area (TPSA) is 58.3 Å². The van der Waals surface area contributed by atoms with Crippen molar-refractivity contribution in [2.75, 3.05) is 0 Å². The number of nitrogens with one attached hydrogen (secondary N) is 1. The SMILES string of the molecule is Oc1ccc(C(NCc2ccon2)c2ccccc2)cc1. The summed E-state index contributed by atoms with van der Waals surface area (Å²) in [5.41, 5.74) is 3.10. The molecule has 2 aromatic carbocycles. The van der Waals surface area contributed by atoms with E-state index in [-0.39, 0.29) is 11.8 Å². The summed E-state index contributed by atoms with van der Waals surface area (Å²) in [6, 6.07) is 19.3. The molecular formula is C17H16N2O2. The first-order valence-electron chi connectivity index (χ1n) is 6.79. The van der Waals surface area contributed by atoms with Gasteiger partial charge in [0.2, 0.25) is 0 Å². The van der Waals surface area contributed by atoms with Crippen LogP contribution in [-0.4, -0.2) is 10.3 Å². The van der Waals surface area contributed by atoms with Gasteiger partial charge in [-0.2, -0.15) is 0 Å². The maximum atomic E-state index is 9.45. The number of aromatic hydroxyl groups is 1. The average molecular weight is 280 g/mol. The molecule has 4 heteroatoms. The summed E-state index contributed by atoms with van der Waals surface area (Å²) < 4.78 is 4.85. The third-order valence-electron chi connectivity index (χ3n) is 3.34. The first-order valence-corrected chi connectivity index (χ1v) is 6.79. The van der Waals surface area contributed by atoms with Crippen LogP contribution in [0.2, 0.25) is 0 Å². The number of phenols is 1. The first kappa shape index (κ1) is 13.4. The summed E-state index contributed by atoms with van der Waals surface area (Å²) in [7, 11) is 0. The van der Waals surface area contributed by atoms with Crippen LogP contribution in [0.25, 0.3) is 0 Å². The highest BCUT2D eigenvalue weighted by Gasteiger charge is 2.14. The van der Waals surface area contributed by atoms with Crippen LogP contribution in [0.4, 0.5) is 0 Å². The molecule has 1 heterocycles. The predicted molar refractivity (Wildman–Crippen MR) is 79.7 cm³/mol. The van der Waals surface area contributed by atoms with E-state index in [9.17, 15) is 5.11 Å². The van der Waals surface area contributed by atoms with Gasteiger partial charge in [0.05, 0.1) is 11.7 Å². The average Bonchev–Trinajstić information content (AvgIpc) is 3.04. The molecule has 0 spiro atoms. The molecule has 1 aromatic heterocycles. The van der Waals surface area contributed by atoms with Crippen molar-refractivity contribution in [2.45, 2.75) is 12.6 Å². The third kappa shape index (κ3) is 3.30. The molecule has 0 aliphatic carbocycles. The Morgan fingerprint density at radius 1 is 0.952 bits per heavy atom. The third-order valence-corrected chi connectivity index (χ3v) is 3.34. The van der Waals surface area contributed by atoms with Crippen molar-refractivity contribution in [3.8, 4) is 5.75 Å². The van der Waals surface area contributed by atoms with Crippen LogP contribution < -0.4 is 5.32 Å². The Hall–Kier alpha value is -2.59. The lowest BCUT2D eigenvalue weighted by Gasteiger charge is -2.19. The second-order valence-electron chi connectivity index (χ2n) is 4.81. The molecule has 3 rings (SSSR count). The summed E-state index contributed by atoms with van der Waals surface area (Å²) in [5.74, 6) is 0.266. The number of aromatic nitrogens is 1. The maximum Gasteiger partial charge on any atom is 0.124 e. The van der Waals surface area contributed by atoms with Gasteiger partial charge in [0.15, 0.2) is 0 Å². The highest BCUT2D eigenvalue weighted by atomic mass is 16.5. The molecule has 0 aliphatic heterocycles. The lowest BCUT2D eigenvalue weighted by atomic mass is 9.98. The van der Waals surface area contributed by atoms with E-state index in [1.807, 2.05) is 36.4 Å². The minimum Gasteiger partial charge on any atom is -0.508 e. The van der Waals surface area contributed by atoms with E-state index < -0.39 is 0 Å². The van der Waals surface area contributed by atoms with E-state index in [0.29, 0.717) is 6.54 Å². The Labute approximate surface area is 123 Å². The first-order chi connectivity index (χ1) is 10.3. The summed E-state index contributed by atoms with van der Waals surface area (Å²) in [5, 5.41) is 16.8. The smallest absolute Gasteiger partial charge is 0.124 e. The fourth-order valence-electron chi connectivity index (χ4n) is 2.28. The second kappa shape index (κ2) is 6.24. The van der Waals surface area contributed by atoms with Gasteiger partial charge in [-0.3, -0.25) is 0 Å². The summed E-state index contributed by atoms with van der Waals surface area (Å²) in [6.45, 7) is 0.608. The normalized spacial score (nSPS) is 12.2. The van der Waals surface area contributed by atoms with E-state index in [4.69, 9.17) is 4.52 Å². The van der Waals surface area contributed by atoms with Crippen LogP contribution in [0, 0.1) is 0 Å². The molecule has 106 valence electrons. The van der Waals surface area contributed by atoms with Gasteiger partial charge in [-0.15, -0.1) is 0 Å². The Morgan fingerprint density at radius 2 is 1.67 bits per heavy atom. The van der Waals surface area contributed by atoms with Crippen molar-refractivity contribution >= 4 is 0 Å². The van der Waals surface area contributed by atoms with Gasteiger partial charge in [0.25, 0.3) is 0 Å². The van der Waals surface area contributed by atoms with Crippen molar-refractivity contribution < 1.29 is 9.63 Å². The zero-order valence-corrected chi connectivity index (χ0v) is 11.4. The highest BCUT2D eigenvalue weighted by molar-refractivity contribution is 5.35. The van der Waals surface area contributed by atoms with Crippen molar-refractivity contribution in [3.05, 3.63) is 83.7 Å². The van der Waals surface area contributed by atoms with Gasteiger partial charge in [0.1, 0.15) is 12.0 Å². The van der Waals surface area contributed by atoms with Gasteiger partial charge in [-0.05, 0) is 23.3 Å². The fourth-order valence-corrected chi connectivity index (χ4v) is 2.28. The standard InChI is InChI=1S/C17H16N2O2/c20-16-8-6-14(7-9-16)17(13-4-2-1-3-5-13)18-12-15-10-11-21-19-15/h1-11,17-18,20H,12H2.